The molecule has 2 rings (SSSR count). The summed E-state index contributed by atoms with van der Waals surface area (Å²) in [7, 11) is 0. The average molecular weight is 286 g/mol. The number of nitrogens with two attached hydrogens (primary N) is 1. The van der Waals surface area contributed by atoms with E-state index in [2.05, 4.69) is 10.1 Å². The summed E-state index contributed by atoms with van der Waals surface area (Å²) >= 11 is 7.54. The van der Waals surface area contributed by atoms with Gasteiger partial charge in [-0.05, 0) is 12.1 Å². The molecule has 1 atom stereocenters. The first kappa shape index (κ1) is 13.4. The van der Waals surface area contributed by atoms with Crippen LogP contribution < -0.4 is 5.73 Å². The first-order chi connectivity index (χ1) is 8.70. The van der Waals surface area contributed by atoms with Crippen LogP contribution >= 0.6 is 23.4 Å². The number of thioether (sulfide) groups is 1. The molecule has 0 aliphatic heterocycles. The Bertz CT molecular complexity index is 520. The van der Waals surface area contributed by atoms with Crippen LogP contribution in [0.4, 0.5) is 0 Å². The lowest BCUT2D eigenvalue weighted by Crippen LogP contribution is -2.14. The van der Waals surface area contributed by atoms with E-state index >= 15 is 0 Å². The van der Waals surface area contributed by atoms with E-state index in [1.165, 1.54) is 11.8 Å². The van der Waals surface area contributed by atoms with E-state index in [0.29, 0.717) is 16.6 Å². The minimum atomic E-state index is -0.628. The Morgan fingerprint density at radius 1 is 1.44 bits per heavy atom. The molecular formula is C11H12ClN3O2S. The van der Waals surface area contributed by atoms with Gasteiger partial charge >= 0.3 is 0 Å². The Morgan fingerprint density at radius 2 is 2.22 bits per heavy atom. The summed E-state index contributed by atoms with van der Waals surface area (Å²) in [4.78, 5) is 5.05. The van der Waals surface area contributed by atoms with Gasteiger partial charge in [-0.3, -0.25) is 0 Å². The fraction of sp³-hybridized carbons (Fsp3) is 0.273. The van der Waals surface area contributed by atoms with E-state index in [1.54, 1.807) is 0 Å². The fourth-order valence-electron chi connectivity index (χ4n) is 1.26. The zero-order valence-corrected chi connectivity index (χ0v) is 11.0. The molecule has 1 unspecified atom stereocenters. The van der Waals surface area contributed by atoms with Gasteiger partial charge in [-0.15, -0.1) is 11.8 Å². The van der Waals surface area contributed by atoms with E-state index in [0.717, 1.165) is 4.90 Å². The minimum Gasteiger partial charge on any atom is -0.394 e. The molecule has 2 aromatic rings. The molecule has 0 saturated heterocycles. The van der Waals surface area contributed by atoms with Crippen molar-refractivity contribution in [1.82, 2.24) is 10.1 Å². The van der Waals surface area contributed by atoms with Crippen LogP contribution in [0.25, 0.3) is 0 Å². The second-order valence-electron chi connectivity index (χ2n) is 3.56. The summed E-state index contributed by atoms with van der Waals surface area (Å²) < 4.78 is 4.94. The Kier molecular flexibility index (Phi) is 4.60. The third kappa shape index (κ3) is 3.23. The maximum absolute atomic E-state index is 8.87. The third-order valence-electron chi connectivity index (χ3n) is 2.19. The first-order valence-electron chi connectivity index (χ1n) is 5.27. The second kappa shape index (κ2) is 6.19. The predicted octanol–water partition coefficient (Wildman–Crippen LogP) is 2.01. The number of aliphatic hydroxyl groups is 1. The fourth-order valence-corrected chi connectivity index (χ4v) is 2.34. The zero-order valence-electron chi connectivity index (χ0n) is 9.41. The lowest BCUT2D eigenvalue weighted by atomic mass is 10.3. The van der Waals surface area contributed by atoms with Crippen LogP contribution in [0, 0.1) is 0 Å². The number of halogens is 1. The Labute approximate surface area is 113 Å². The predicted molar refractivity (Wildman–Crippen MR) is 69.3 cm³/mol. The maximum Gasteiger partial charge on any atom is 0.245 e. The van der Waals surface area contributed by atoms with Gasteiger partial charge in [0, 0.05) is 4.90 Å². The average Bonchev–Trinajstić information content (AvgIpc) is 2.86. The minimum absolute atomic E-state index is 0.223. The van der Waals surface area contributed by atoms with Gasteiger partial charge in [0.15, 0.2) is 5.82 Å². The molecule has 0 aliphatic carbocycles. The van der Waals surface area contributed by atoms with Crippen molar-refractivity contribution in [2.75, 3.05) is 6.61 Å². The summed E-state index contributed by atoms with van der Waals surface area (Å²) in [5.74, 6) is 1.30. The largest absolute Gasteiger partial charge is 0.394 e. The van der Waals surface area contributed by atoms with Crippen molar-refractivity contribution >= 4 is 23.4 Å². The highest BCUT2D eigenvalue weighted by Gasteiger charge is 2.13. The number of benzene rings is 1. The van der Waals surface area contributed by atoms with Gasteiger partial charge in [0.1, 0.15) is 6.04 Å². The molecule has 0 spiro atoms. The Balaban J connectivity index is 1.98. The molecule has 7 heteroatoms. The topological polar surface area (TPSA) is 85.2 Å². The van der Waals surface area contributed by atoms with E-state index in [4.69, 9.17) is 27.0 Å². The Morgan fingerprint density at radius 3 is 2.94 bits per heavy atom. The molecule has 0 aliphatic rings. The van der Waals surface area contributed by atoms with Gasteiger partial charge in [-0.1, -0.05) is 28.9 Å². The second-order valence-corrected chi connectivity index (χ2v) is 4.98. The summed E-state index contributed by atoms with van der Waals surface area (Å²) in [5, 5.41) is 13.3. The van der Waals surface area contributed by atoms with Crippen LogP contribution in [0.5, 0.6) is 0 Å². The molecule has 1 heterocycles. The zero-order chi connectivity index (χ0) is 13.0. The molecule has 1 aromatic heterocycles. The summed E-state index contributed by atoms with van der Waals surface area (Å²) in [6.45, 7) is -0.223. The molecule has 0 bridgehead atoms. The summed E-state index contributed by atoms with van der Waals surface area (Å²) in [5.41, 5.74) is 5.56. The van der Waals surface area contributed by atoms with Crippen molar-refractivity contribution in [3.8, 4) is 0 Å². The van der Waals surface area contributed by atoms with Crippen molar-refractivity contribution in [2.24, 2.45) is 5.73 Å². The third-order valence-corrected chi connectivity index (χ3v) is 3.70. The van der Waals surface area contributed by atoms with Gasteiger partial charge in [0.2, 0.25) is 5.89 Å². The Hall–Kier alpha value is -1.08. The molecule has 5 nitrogen and oxygen atoms in total. The molecule has 1 aromatic carbocycles. The number of rotatable bonds is 5. The number of aliphatic hydroxyl groups excluding tert-OH is 1. The van der Waals surface area contributed by atoms with E-state index < -0.39 is 6.04 Å². The maximum atomic E-state index is 8.87. The molecule has 3 N–H and O–H groups in total. The smallest absolute Gasteiger partial charge is 0.245 e. The lowest BCUT2D eigenvalue weighted by Gasteiger charge is -2.00. The number of hydrogen-bond donors (Lipinski definition) is 2. The number of nitrogens with zero attached hydrogens (tertiary/aromatic N) is 2. The van der Waals surface area contributed by atoms with E-state index in [1.807, 2.05) is 24.3 Å². The number of aromatic nitrogens is 2. The summed E-state index contributed by atoms with van der Waals surface area (Å²) in [6, 6.07) is 6.91. The van der Waals surface area contributed by atoms with Gasteiger partial charge in [0.05, 0.1) is 17.4 Å². The van der Waals surface area contributed by atoms with Crippen LogP contribution in [-0.4, -0.2) is 21.9 Å². The molecular weight excluding hydrogens is 274 g/mol. The first-order valence-corrected chi connectivity index (χ1v) is 6.63. The molecule has 0 saturated carbocycles. The van der Waals surface area contributed by atoms with Gasteiger partial charge in [-0.25, -0.2) is 0 Å². The van der Waals surface area contributed by atoms with Crippen molar-refractivity contribution < 1.29 is 9.63 Å². The van der Waals surface area contributed by atoms with Crippen molar-refractivity contribution in [2.45, 2.75) is 16.7 Å². The highest BCUT2D eigenvalue weighted by atomic mass is 35.5. The van der Waals surface area contributed by atoms with Gasteiger partial charge < -0.3 is 15.4 Å². The monoisotopic (exact) mass is 285 g/mol. The van der Waals surface area contributed by atoms with Crippen LogP contribution in [0.15, 0.2) is 33.7 Å². The number of hydrogen-bond acceptors (Lipinski definition) is 6. The van der Waals surface area contributed by atoms with Crippen LogP contribution in [0.3, 0.4) is 0 Å². The van der Waals surface area contributed by atoms with Crippen molar-refractivity contribution in [3.63, 3.8) is 0 Å². The van der Waals surface area contributed by atoms with Gasteiger partial charge in [-0.2, -0.15) is 4.98 Å². The van der Waals surface area contributed by atoms with Gasteiger partial charge in [0.25, 0.3) is 0 Å². The lowest BCUT2D eigenvalue weighted by molar-refractivity contribution is 0.236. The van der Waals surface area contributed by atoms with Crippen LogP contribution in [-0.2, 0) is 5.75 Å². The highest BCUT2D eigenvalue weighted by molar-refractivity contribution is 7.98. The molecule has 96 valence electrons. The molecule has 0 radical (unpaired) electrons. The van der Waals surface area contributed by atoms with E-state index in [-0.39, 0.29) is 12.5 Å². The SMILES string of the molecule is NC(CO)c1nc(CSc2ccccc2Cl)no1. The van der Waals surface area contributed by atoms with Crippen LogP contribution in [0.2, 0.25) is 5.02 Å². The van der Waals surface area contributed by atoms with E-state index in [9.17, 15) is 0 Å². The quantitative estimate of drug-likeness (QED) is 0.818. The van der Waals surface area contributed by atoms with Crippen LogP contribution in [0.1, 0.15) is 17.8 Å². The highest BCUT2D eigenvalue weighted by Crippen LogP contribution is 2.28. The van der Waals surface area contributed by atoms with Crippen molar-refractivity contribution in [1.29, 1.82) is 0 Å². The summed E-state index contributed by atoms with van der Waals surface area (Å²) in [6.07, 6.45) is 0. The van der Waals surface area contributed by atoms with Crippen molar-refractivity contribution in [3.05, 3.63) is 41.0 Å². The molecule has 0 fully saturated rings. The normalized spacial score (nSPS) is 12.6. The molecule has 0 amide bonds. The standard InChI is InChI=1S/C11H12ClN3O2S/c12-7-3-1-2-4-9(7)18-6-10-14-11(17-15-10)8(13)5-16/h1-4,8,16H,5-6,13H2. The molecule has 18 heavy (non-hydrogen) atoms.